The van der Waals surface area contributed by atoms with E-state index >= 15 is 0 Å². The Morgan fingerprint density at radius 2 is 1.76 bits per heavy atom. The molecule has 3 aromatic rings. The zero-order valence-electron chi connectivity index (χ0n) is 19.8. The average Bonchev–Trinajstić information content (AvgIpc) is 2.81. The van der Waals surface area contributed by atoms with Gasteiger partial charge in [-0.3, -0.25) is 4.79 Å². The monoisotopic (exact) mass is 446 g/mol. The predicted octanol–water partition coefficient (Wildman–Crippen LogP) is 5.08. The number of likely N-dealkylation sites (tertiary alicyclic amines) is 1. The molecule has 6 nitrogen and oxygen atoms in total. The van der Waals surface area contributed by atoms with Crippen LogP contribution in [0.25, 0.3) is 10.8 Å². The number of fused-ring (bicyclic) bond motifs is 1. The van der Waals surface area contributed by atoms with Crippen molar-refractivity contribution in [3.8, 4) is 5.75 Å². The zero-order valence-corrected chi connectivity index (χ0v) is 19.8. The number of benzene rings is 2. The number of piperidine rings is 1. The van der Waals surface area contributed by atoms with E-state index in [2.05, 4.69) is 34.4 Å². The van der Waals surface area contributed by atoms with Gasteiger partial charge in [0.05, 0.1) is 18.4 Å². The number of carbonyl (C=O) groups is 1. The number of methoxy groups -OCH3 is 1. The van der Waals surface area contributed by atoms with Gasteiger partial charge >= 0.3 is 0 Å². The number of hydrogen-bond acceptors (Lipinski definition) is 5. The predicted molar refractivity (Wildman–Crippen MR) is 134 cm³/mol. The summed E-state index contributed by atoms with van der Waals surface area (Å²) in [5.41, 5.74) is 1.42. The zero-order chi connectivity index (χ0) is 23.2. The van der Waals surface area contributed by atoms with E-state index in [-0.39, 0.29) is 5.91 Å². The molecule has 1 fully saturated rings. The van der Waals surface area contributed by atoms with Crippen LogP contribution in [0.15, 0.2) is 54.7 Å². The fourth-order valence-corrected chi connectivity index (χ4v) is 4.92. The van der Waals surface area contributed by atoms with Crippen LogP contribution in [0.2, 0.25) is 0 Å². The van der Waals surface area contributed by atoms with Crippen LogP contribution in [0.5, 0.6) is 5.75 Å². The molecule has 2 aromatic carbocycles. The summed E-state index contributed by atoms with van der Waals surface area (Å²) >= 11 is 0. The molecule has 33 heavy (non-hydrogen) atoms. The van der Waals surface area contributed by atoms with E-state index in [1.54, 1.807) is 13.3 Å². The first-order valence-corrected chi connectivity index (χ1v) is 11.8. The van der Waals surface area contributed by atoms with Crippen molar-refractivity contribution in [2.24, 2.45) is 11.8 Å². The molecular formula is C27H34N4O2. The van der Waals surface area contributed by atoms with Gasteiger partial charge in [0.1, 0.15) is 11.6 Å². The molecule has 1 amide bonds. The molecule has 0 saturated carbocycles. The number of hydrogen-bond donors (Lipinski definition) is 2. The third-order valence-corrected chi connectivity index (χ3v) is 6.28. The van der Waals surface area contributed by atoms with E-state index < -0.39 is 0 Å². The van der Waals surface area contributed by atoms with E-state index in [1.807, 2.05) is 48.5 Å². The lowest BCUT2D eigenvalue weighted by atomic mass is 9.92. The quantitative estimate of drug-likeness (QED) is 0.472. The molecule has 1 aromatic heterocycles. The Labute approximate surface area is 196 Å². The van der Waals surface area contributed by atoms with Crippen LogP contribution in [0.1, 0.15) is 37.0 Å². The van der Waals surface area contributed by atoms with Crippen LogP contribution < -0.4 is 15.4 Å². The van der Waals surface area contributed by atoms with Crippen molar-refractivity contribution in [2.45, 2.75) is 26.7 Å². The second-order valence-corrected chi connectivity index (χ2v) is 9.21. The SMILES string of the molecule is COc1ccccc1Nc1ncc(C(=O)NCCCN2CC(C)CC(C)C2)c2ccccc12. The third-order valence-electron chi connectivity index (χ3n) is 6.28. The maximum absolute atomic E-state index is 13.0. The van der Waals surface area contributed by atoms with Crippen LogP contribution in [0.3, 0.4) is 0 Å². The van der Waals surface area contributed by atoms with E-state index in [4.69, 9.17) is 4.74 Å². The van der Waals surface area contributed by atoms with Crippen molar-refractivity contribution in [3.63, 3.8) is 0 Å². The van der Waals surface area contributed by atoms with Crippen molar-refractivity contribution in [1.82, 2.24) is 15.2 Å². The van der Waals surface area contributed by atoms with E-state index in [9.17, 15) is 4.79 Å². The maximum atomic E-state index is 13.0. The molecule has 2 unspecified atom stereocenters. The van der Waals surface area contributed by atoms with Crippen LogP contribution in [0.4, 0.5) is 11.5 Å². The number of pyridine rings is 1. The number of carbonyl (C=O) groups excluding carboxylic acids is 1. The fourth-order valence-electron chi connectivity index (χ4n) is 4.92. The van der Waals surface area contributed by atoms with Crippen LogP contribution in [0, 0.1) is 11.8 Å². The Bertz CT molecular complexity index is 1090. The number of nitrogens with one attached hydrogen (secondary N) is 2. The average molecular weight is 447 g/mol. The van der Waals surface area contributed by atoms with Gasteiger partial charge in [0.25, 0.3) is 5.91 Å². The van der Waals surface area contributed by atoms with Gasteiger partial charge in [-0.1, -0.05) is 50.2 Å². The molecule has 0 spiro atoms. The standard InChI is InChI=1S/C27H34N4O2/c1-19-15-20(2)18-31(17-19)14-8-13-28-27(32)23-16-29-26(22-10-5-4-9-21(22)23)30-24-11-6-7-12-25(24)33-3/h4-7,9-12,16,19-20H,8,13-15,17-18H2,1-3H3,(H,28,32)(H,29,30). The molecule has 2 N–H and O–H groups in total. The topological polar surface area (TPSA) is 66.5 Å². The second-order valence-electron chi connectivity index (χ2n) is 9.21. The van der Waals surface area contributed by atoms with Crippen molar-refractivity contribution in [3.05, 3.63) is 60.3 Å². The molecular weight excluding hydrogens is 412 g/mol. The Morgan fingerprint density at radius 3 is 2.52 bits per heavy atom. The maximum Gasteiger partial charge on any atom is 0.253 e. The summed E-state index contributed by atoms with van der Waals surface area (Å²) < 4.78 is 5.44. The highest BCUT2D eigenvalue weighted by molar-refractivity contribution is 6.09. The molecule has 0 radical (unpaired) electrons. The van der Waals surface area contributed by atoms with Gasteiger partial charge in [-0.05, 0) is 48.7 Å². The summed E-state index contributed by atoms with van der Waals surface area (Å²) in [4.78, 5) is 20.1. The minimum atomic E-state index is -0.0806. The van der Waals surface area contributed by atoms with Crippen molar-refractivity contribution >= 4 is 28.2 Å². The summed E-state index contributed by atoms with van der Waals surface area (Å²) in [5, 5.41) is 8.22. The number of rotatable bonds is 8. The molecule has 0 aliphatic carbocycles. The molecule has 2 heterocycles. The number of anilines is 2. The minimum absolute atomic E-state index is 0.0806. The highest BCUT2D eigenvalue weighted by Crippen LogP contribution is 2.31. The lowest BCUT2D eigenvalue weighted by Gasteiger charge is -2.34. The number of amides is 1. The Balaban J connectivity index is 1.43. The first-order valence-electron chi connectivity index (χ1n) is 11.8. The van der Waals surface area contributed by atoms with Crippen molar-refractivity contribution in [1.29, 1.82) is 0 Å². The molecule has 0 bridgehead atoms. The largest absolute Gasteiger partial charge is 0.495 e. The molecule has 1 saturated heterocycles. The number of aromatic nitrogens is 1. The number of nitrogens with zero attached hydrogens (tertiary/aromatic N) is 2. The van der Waals surface area contributed by atoms with Gasteiger partial charge in [0, 0.05) is 31.2 Å². The highest BCUT2D eigenvalue weighted by atomic mass is 16.5. The summed E-state index contributed by atoms with van der Waals surface area (Å²) in [5.74, 6) is 2.86. The number of ether oxygens (including phenoxy) is 1. The summed E-state index contributed by atoms with van der Waals surface area (Å²) in [6.45, 7) is 8.66. The normalized spacial score (nSPS) is 18.8. The molecule has 2 atom stereocenters. The van der Waals surface area contributed by atoms with Gasteiger partial charge in [0.15, 0.2) is 0 Å². The first-order chi connectivity index (χ1) is 16.0. The first kappa shape index (κ1) is 23.1. The van der Waals surface area contributed by atoms with Gasteiger partial charge in [0.2, 0.25) is 0 Å². The van der Waals surface area contributed by atoms with E-state index in [1.165, 1.54) is 6.42 Å². The van der Waals surface area contributed by atoms with E-state index in [0.717, 1.165) is 60.1 Å². The van der Waals surface area contributed by atoms with Crippen LogP contribution >= 0.6 is 0 Å². The fraction of sp³-hybridized carbons (Fsp3) is 0.407. The molecule has 6 heteroatoms. The van der Waals surface area contributed by atoms with Gasteiger partial charge in [-0.15, -0.1) is 0 Å². The lowest BCUT2D eigenvalue weighted by molar-refractivity contribution is 0.0948. The van der Waals surface area contributed by atoms with Gasteiger partial charge < -0.3 is 20.3 Å². The Hall–Kier alpha value is -3.12. The highest BCUT2D eigenvalue weighted by Gasteiger charge is 2.21. The minimum Gasteiger partial charge on any atom is -0.495 e. The molecule has 4 rings (SSSR count). The molecule has 174 valence electrons. The summed E-state index contributed by atoms with van der Waals surface area (Å²) in [6, 6.07) is 15.6. The Kier molecular flexibility index (Phi) is 7.45. The van der Waals surface area contributed by atoms with Crippen molar-refractivity contribution in [2.75, 3.05) is 38.6 Å². The third kappa shape index (κ3) is 5.63. The molecule has 1 aliphatic heterocycles. The van der Waals surface area contributed by atoms with Crippen LogP contribution in [-0.4, -0.2) is 49.1 Å². The summed E-state index contributed by atoms with van der Waals surface area (Å²) in [7, 11) is 1.64. The molecule has 1 aliphatic rings. The smallest absolute Gasteiger partial charge is 0.253 e. The van der Waals surface area contributed by atoms with Crippen molar-refractivity contribution < 1.29 is 9.53 Å². The van der Waals surface area contributed by atoms with Gasteiger partial charge in [-0.25, -0.2) is 4.98 Å². The number of para-hydroxylation sites is 2. The lowest BCUT2D eigenvalue weighted by Crippen LogP contribution is -2.40. The van der Waals surface area contributed by atoms with Gasteiger partial charge in [-0.2, -0.15) is 0 Å². The summed E-state index contributed by atoms with van der Waals surface area (Å²) in [6.07, 6.45) is 3.92. The van der Waals surface area contributed by atoms with Crippen LogP contribution in [-0.2, 0) is 0 Å². The Morgan fingerprint density at radius 1 is 1.06 bits per heavy atom. The van der Waals surface area contributed by atoms with E-state index in [0.29, 0.717) is 17.9 Å². The second kappa shape index (κ2) is 10.7.